The van der Waals surface area contributed by atoms with Gasteiger partial charge < -0.3 is 10.2 Å². The predicted molar refractivity (Wildman–Crippen MR) is 78.8 cm³/mol. The SMILES string of the molecule is O=C(CCc1cc(Cl)ccc1Cl)N1CCCNCC1. The molecule has 1 saturated heterocycles. The quantitative estimate of drug-likeness (QED) is 0.931. The van der Waals surface area contributed by atoms with Crippen LogP contribution in [-0.2, 0) is 11.2 Å². The normalized spacial score (nSPS) is 16.2. The molecule has 1 fully saturated rings. The minimum atomic E-state index is 0.194. The number of nitrogens with one attached hydrogen (secondary N) is 1. The smallest absolute Gasteiger partial charge is 0.222 e. The van der Waals surface area contributed by atoms with E-state index in [2.05, 4.69) is 5.32 Å². The van der Waals surface area contributed by atoms with E-state index in [1.807, 2.05) is 11.0 Å². The van der Waals surface area contributed by atoms with Crippen molar-refractivity contribution >= 4 is 29.1 Å². The molecule has 1 amide bonds. The van der Waals surface area contributed by atoms with Gasteiger partial charge in [0.05, 0.1) is 0 Å². The number of hydrogen-bond donors (Lipinski definition) is 1. The molecule has 0 spiro atoms. The van der Waals surface area contributed by atoms with Crippen molar-refractivity contribution in [2.75, 3.05) is 26.2 Å². The standard InChI is InChI=1S/C14H18Cl2N2O/c15-12-3-4-13(16)11(10-12)2-5-14(19)18-8-1-6-17-7-9-18/h3-4,10,17H,1-2,5-9H2. The van der Waals surface area contributed by atoms with Crippen LogP contribution in [-0.4, -0.2) is 37.0 Å². The van der Waals surface area contributed by atoms with Gasteiger partial charge in [-0.1, -0.05) is 23.2 Å². The summed E-state index contributed by atoms with van der Waals surface area (Å²) in [6.45, 7) is 3.50. The molecule has 0 bridgehead atoms. The van der Waals surface area contributed by atoms with E-state index >= 15 is 0 Å². The van der Waals surface area contributed by atoms with Crippen molar-refractivity contribution in [3.05, 3.63) is 33.8 Å². The number of carbonyl (C=O) groups excluding carboxylic acids is 1. The highest BCUT2D eigenvalue weighted by atomic mass is 35.5. The Kier molecular flexibility index (Phi) is 5.49. The molecule has 1 aliphatic rings. The number of amides is 1. The highest BCUT2D eigenvalue weighted by Gasteiger charge is 2.15. The first-order valence-corrected chi connectivity index (χ1v) is 7.35. The summed E-state index contributed by atoms with van der Waals surface area (Å²) in [5.74, 6) is 0.194. The van der Waals surface area contributed by atoms with Crippen molar-refractivity contribution in [1.29, 1.82) is 0 Å². The summed E-state index contributed by atoms with van der Waals surface area (Å²) in [6.07, 6.45) is 2.14. The van der Waals surface area contributed by atoms with E-state index < -0.39 is 0 Å². The van der Waals surface area contributed by atoms with Gasteiger partial charge in [0.1, 0.15) is 0 Å². The molecule has 5 heteroatoms. The Morgan fingerprint density at radius 2 is 2.11 bits per heavy atom. The number of benzene rings is 1. The highest BCUT2D eigenvalue weighted by Crippen LogP contribution is 2.22. The molecule has 1 N–H and O–H groups in total. The van der Waals surface area contributed by atoms with Gasteiger partial charge in [0.15, 0.2) is 0 Å². The zero-order chi connectivity index (χ0) is 13.7. The summed E-state index contributed by atoms with van der Waals surface area (Å²) in [5, 5.41) is 4.62. The lowest BCUT2D eigenvalue weighted by Gasteiger charge is -2.20. The Labute approximate surface area is 123 Å². The number of nitrogens with zero attached hydrogens (tertiary/aromatic N) is 1. The third-order valence-corrected chi connectivity index (χ3v) is 3.91. The van der Waals surface area contributed by atoms with Crippen molar-refractivity contribution in [2.45, 2.75) is 19.3 Å². The molecule has 3 nitrogen and oxygen atoms in total. The molecular formula is C14H18Cl2N2O. The van der Waals surface area contributed by atoms with Crippen LogP contribution in [0, 0.1) is 0 Å². The molecule has 2 rings (SSSR count). The Hall–Kier alpha value is -0.770. The van der Waals surface area contributed by atoms with E-state index in [0.717, 1.165) is 38.2 Å². The molecule has 0 atom stereocenters. The molecule has 104 valence electrons. The highest BCUT2D eigenvalue weighted by molar-refractivity contribution is 6.33. The summed E-state index contributed by atoms with van der Waals surface area (Å²) in [4.78, 5) is 14.1. The number of carbonyl (C=O) groups is 1. The van der Waals surface area contributed by atoms with Crippen LogP contribution in [0.15, 0.2) is 18.2 Å². The second-order valence-corrected chi connectivity index (χ2v) is 5.56. The fourth-order valence-corrected chi connectivity index (χ4v) is 2.64. The third kappa shape index (κ3) is 4.37. The fraction of sp³-hybridized carbons (Fsp3) is 0.500. The summed E-state index contributed by atoms with van der Waals surface area (Å²) < 4.78 is 0. The number of halogens is 2. The van der Waals surface area contributed by atoms with Crippen LogP contribution in [0.4, 0.5) is 0 Å². The molecule has 0 aromatic heterocycles. The largest absolute Gasteiger partial charge is 0.341 e. The first-order valence-electron chi connectivity index (χ1n) is 6.59. The van der Waals surface area contributed by atoms with Gasteiger partial charge in [-0.2, -0.15) is 0 Å². The Balaban J connectivity index is 1.90. The van der Waals surface area contributed by atoms with E-state index in [4.69, 9.17) is 23.2 Å². The summed E-state index contributed by atoms with van der Waals surface area (Å²) in [6, 6.07) is 5.37. The predicted octanol–water partition coefficient (Wildman–Crippen LogP) is 2.75. The van der Waals surface area contributed by atoms with Crippen molar-refractivity contribution < 1.29 is 4.79 Å². The van der Waals surface area contributed by atoms with Gasteiger partial charge in [-0.25, -0.2) is 0 Å². The van der Waals surface area contributed by atoms with E-state index in [0.29, 0.717) is 22.9 Å². The van der Waals surface area contributed by atoms with Gasteiger partial charge in [-0.05, 0) is 43.1 Å². The monoisotopic (exact) mass is 300 g/mol. The van der Waals surface area contributed by atoms with Crippen LogP contribution < -0.4 is 5.32 Å². The Morgan fingerprint density at radius 3 is 2.95 bits per heavy atom. The molecule has 1 aliphatic heterocycles. The maximum absolute atomic E-state index is 12.1. The van der Waals surface area contributed by atoms with Crippen LogP contribution in [0.5, 0.6) is 0 Å². The average molecular weight is 301 g/mol. The zero-order valence-electron chi connectivity index (χ0n) is 10.8. The number of rotatable bonds is 3. The third-order valence-electron chi connectivity index (χ3n) is 3.31. The van der Waals surface area contributed by atoms with Crippen LogP contribution in [0.1, 0.15) is 18.4 Å². The molecule has 0 aliphatic carbocycles. The van der Waals surface area contributed by atoms with E-state index in [-0.39, 0.29) is 5.91 Å². The second-order valence-electron chi connectivity index (χ2n) is 4.72. The van der Waals surface area contributed by atoms with Crippen molar-refractivity contribution in [2.24, 2.45) is 0 Å². The van der Waals surface area contributed by atoms with E-state index in [9.17, 15) is 4.79 Å². The fourth-order valence-electron chi connectivity index (χ4n) is 2.23. The second kappa shape index (κ2) is 7.13. The molecule has 1 heterocycles. The Bertz CT molecular complexity index is 443. The van der Waals surface area contributed by atoms with Crippen LogP contribution >= 0.6 is 23.2 Å². The maximum Gasteiger partial charge on any atom is 0.222 e. The molecule has 0 radical (unpaired) electrons. The summed E-state index contributed by atoms with van der Waals surface area (Å²) in [7, 11) is 0. The lowest BCUT2D eigenvalue weighted by molar-refractivity contribution is -0.130. The minimum absolute atomic E-state index is 0.194. The number of hydrogen-bond acceptors (Lipinski definition) is 2. The first kappa shape index (κ1) is 14.6. The topological polar surface area (TPSA) is 32.3 Å². The van der Waals surface area contributed by atoms with Gasteiger partial charge in [0.25, 0.3) is 0 Å². The van der Waals surface area contributed by atoms with Crippen LogP contribution in [0.3, 0.4) is 0 Å². The lowest BCUT2D eigenvalue weighted by atomic mass is 10.1. The van der Waals surface area contributed by atoms with E-state index in [1.54, 1.807) is 12.1 Å². The molecule has 19 heavy (non-hydrogen) atoms. The van der Waals surface area contributed by atoms with Crippen LogP contribution in [0.25, 0.3) is 0 Å². The molecule has 1 aromatic rings. The van der Waals surface area contributed by atoms with Gasteiger partial charge in [0, 0.05) is 36.1 Å². The summed E-state index contributed by atoms with van der Waals surface area (Å²) in [5.41, 5.74) is 0.940. The maximum atomic E-state index is 12.1. The van der Waals surface area contributed by atoms with Crippen molar-refractivity contribution in [3.63, 3.8) is 0 Å². The van der Waals surface area contributed by atoms with Gasteiger partial charge in [-0.15, -0.1) is 0 Å². The van der Waals surface area contributed by atoms with Gasteiger partial charge in [-0.3, -0.25) is 4.79 Å². The van der Waals surface area contributed by atoms with Gasteiger partial charge >= 0.3 is 0 Å². The van der Waals surface area contributed by atoms with E-state index in [1.165, 1.54) is 0 Å². The minimum Gasteiger partial charge on any atom is -0.341 e. The molecule has 1 aromatic carbocycles. The first-order chi connectivity index (χ1) is 9.16. The number of aryl methyl sites for hydroxylation is 1. The zero-order valence-corrected chi connectivity index (χ0v) is 12.3. The average Bonchev–Trinajstić information content (AvgIpc) is 2.68. The molecule has 0 saturated carbocycles. The molecule has 0 unspecified atom stereocenters. The summed E-state index contributed by atoms with van der Waals surface area (Å²) >= 11 is 12.0. The lowest BCUT2D eigenvalue weighted by Crippen LogP contribution is -2.34. The van der Waals surface area contributed by atoms with Crippen molar-refractivity contribution in [1.82, 2.24) is 10.2 Å². The van der Waals surface area contributed by atoms with Crippen molar-refractivity contribution in [3.8, 4) is 0 Å². The van der Waals surface area contributed by atoms with Crippen LogP contribution in [0.2, 0.25) is 10.0 Å². The van der Waals surface area contributed by atoms with Gasteiger partial charge in [0.2, 0.25) is 5.91 Å². The Morgan fingerprint density at radius 1 is 1.26 bits per heavy atom. The molecular weight excluding hydrogens is 283 g/mol.